The van der Waals surface area contributed by atoms with Gasteiger partial charge in [0, 0.05) is 19.0 Å². The van der Waals surface area contributed by atoms with Gasteiger partial charge >= 0.3 is 0 Å². The van der Waals surface area contributed by atoms with E-state index in [1.807, 2.05) is 13.0 Å². The van der Waals surface area contributed by atoms with Crippen molar-refractivity contribution in [2.75, 3.05) is 13.7 Å². The molecule has 3 N–H and O–H groups in total. The first-order valence-electron chi connectivity index (χ1n) is 8.06. The molecule has 23 heavy (non-hydrogen) atoms. The number of benzene rings is 1. The van der Waals surface area contributed by atoms with Crippen LogP contribution in [0.4, 0.5) is 0 Å². The maximum absolute atomic E-state index is 12.1. The van der Waals surface area contributed by atoms with Gasteiger partial charge in [-0.1, -0.05) is 18.0 Å². The number of nitrogens with one attached hydrogen (secondary N) is 1. The van der Waals surface area contributed by atoms with Crippen LogP contribution in [-0.2, 0) is 11.3 Å². The average Bonchev–Trinajstić information content (AvgIpc) is 2.92. The molecule has 1 aliphatic carbocycles. The predicted octanol–water partition coefficient (Wildman–Crippen LogP) is 2.88. The molecule has 0 radical (unpaired) electrons. The lowest BCUT2D eigenvalue weighted by Gasteiger charge is -2.16. The van der Waals surface area contributed by atoms with E-state index in [9.17, 15) is 4.79 Å². The first kappa shape index (κ1) is 17.9. The Balaban J connectivity index is 1.94. The Hall–Kier alpha value is -1.46. The number of halogens is 1. The summed E-state index contributed by atoms with van der Waals surface area (Å²) in [5.74, 6) is 1.43. The molecule has 0 aromatic heterocycles. The van der Waals surface area contributed by atoms with E-state index < -0.39 is 0 Å². The minimum absolute atomic E-state index is 0.0244. The Bertz CT molecular complexity index is 551. The third-order valence-electron chi connectivity index (χ3n) is 4.23. The Labute approximate surface area is 142 Å². The van der Waals surface area contributed by atoms with Gasteiger partial charge in [-0.3, -0.25) is 4.79 Å². The lowest BCUT2D eigenvalue weighted by atomic mass is 10.00. The smallest absolute Gasteiger partial charge is 0.220 e. The molecule has 6 heteroatoms. The summed E-state index contributed by atoms with van der Waals surface area (Å²) >= 11 is 6.23. The minimum atomic E-state index is 0.0244. The van der Waals surface area contributed by atoms with Crippen LogP contribution in [0.2, 0.25) is 5.02 Å². The number of hydrogen-bond donors (Lipinski definition) is 2. The number of amides is 1. The zero-order valence-corrected chi connectivity index (χ0v) is 14.5. The Morgan fingerprint density at radius 1 is 1.43 bits per heavy atom. The van der Waals surface area contributed by atoms with Crippen LogP contribution in [0.5, 0.6) is 11.5 Å². The van der Waals surface area contributed by atoms with E-state index in [1.54, 1.807) is 13.2 Å². The summed E-state index contributed by atoms with van der Waals surface area (Å²) in [5, 5.41) is 3.41. The summed E-state index contributed by atoms with van der Waals surface area (Å²) < 4.78 is 10.8. The van der Waals surface area contributed by atoms with Crippen LogP contribution < -0.4 is 20.5 Å². The molecule has 1 aliphatic rings. The van der Waals surface area contributed by atoms with Crippen LogP contribution in [-0.4, -0.2) is 25.7 Å². The monoisotopic (exact) mass is 340 g/mol. The van der Waals surface area contributed by atoms with Gasteiger partial charge in [0.15, 0.2) is 11.5 Å². The Morgan fingerprint density at radius 2 is 2.22 bits per heavy atom. The van der Waals surface area contributed by atoms with Gasteiger partial charge in [-0.25, -0.2) is 0 Å². The quantitative estimate of drug-likeness (QED) is 0.800. The fraction of sp³-hybridized carbons (Fsp3) is 0.588. The van der Waals surface area contributed by atoms with Gasteiger partial charge in [-0.15, -0.1) is 0 Å². The standard InChI is InChI=1S/C17H25ClN2O3/c1-3-23-17-13(18)7-11(8-15(17)22-2)10-20-16(21)9-12-5-4-6-14(12)19/h7-8,12,14H,3-6,9-10,19H2,1-2H3,(H,20,21)/t12-,14+/m0/s1. The van der Waals surface area contributed by atoms with Crippen LogP contribution in [0.15, 0.2) is 12.1 Å². The molecule has 1 fully saturated rings. The lowest BCUT2D eigenvalue weighted by Crippen LogP contribution is -2.31. The minimum Gasteiger partial charge on any atom is -0.493 e. The molecule has 5 nitrogen and oxygen atoms in total. The third-order valence-corrected chi connectivity index (χ3v) is 4.51. The van der Waals surface area contributed by atoms with Crippen molar-refractivity contribution in [3.63, 3.8) is 0 Å². The third kappa shape index (κ3) is 4.75. The number of hydrogen-bond acceptors (Lipinski definition) is 4. The number of rotatable bonds is 7. The molecule has 1 amide bonds. The fourth-order valence-electron chi connectivity index (χ4n) is 2.99. The van der Waals surface area contributed by atoms with Crippen molar-refractivity contribution < 1.29 is 14.3 Å². The van der Waals surface area contributed by atoms with Gasteiger partial charge in [0.05, 0.1) is 18.7 Å². The van der Waals surface area contributed by atoms with E-state index >= 15 is 0 Å². The summed E-state index contributed by atoms with van der Waals surface area (Å²) in [7, 11) is 1.57. The van der Waals surface area contributed by atoms with Gasteiger partial charge in [0.25, 0.3) is 0 Å². The first-order chi connectivity index (χ1) is 11.0. The van der Waals surface area contributed by atoms with Crippen molar-refractivity contribution in [1.82, 2.24) is 5.32 Å². The van der Waals surface area contributed by atoms with E-state index in [4.69, 9.17) is 26.8 Å². The summed E-state index contributed by atoms with van der Waals surface area (Å²) in [6.07, 6.45) is 3.66. The van der Waals surface area contributed by atoms with Crippen molar-refractivity contribution in [3.05, 3.63) is 22.7 Å². The number of nitrogens with two attached hydrogens (primary N) is 1. The molecule has 0 heterocycles. The summed E-state index contributed by atoms with van der Waals surface area (Å²) in [6, 6.07) is 3.77. The molecular formula is C17H25ClN2O3. The molecule has 2 atom stereocenters. The molecule has 0 saturated heterocycles. The van der Waals surface area contributed by atoms with Gasteiger partial charge in [-0.2, -0.15) is 0 Å². The Morgan fingerprint density at radius 3 is 2.83 bits per heavy atom. The lowest BCUT2D eigenvalue weighted by molar-refractivity contribution is -0.122. The van der Waals surface area contributed by atoms with Crippen molar-refractivity contribution in [3.8, 4) is 11.5 Å². The van der Waals surface area contributed by atoms with Crippen LogP contribution in [0.25, 0.3) is 0 Å². The largest absolute Gasteiger partial charge is 0.493 e. The molecule has 0 bridgehead atoms. The molecule has 0 spiro atoms. The number of ether oxygens (including phenoxy) is 2. The van der Waals surface area contributed by atoms with Crippen LogP contribution >= 0.6 is 11.6 Å². The topological polar surface area (TPSA) is 73.6 Å². The predicted molar refractivity (Wildman–Crippen MR) is 91.0 cm³/mol. The second-order valence-electron chi connectivity index (χ2n) is 5.88. The van der Waals surface area contributed by atoms with Gasteiger partial charge in [0.1, 0.15) is 0 Å². The molecule has 0 aliphatic heterocycles. The highest BCUT2D eigenvalue weighted by Crippen LogP contribution is 2.36. The number of methoxy groups -OCH3 is 1. The van der Waals surface area contributed by atoms with E-state index in [0.717, 1.165) is 24.8 Å². The summed E-state index contributed by atoms with van der Waals surface area (Å²) in [5.41, 5.74) is 6.88. The highest BCUT2D eigenvalue weighted by molar-refractivity contribution is 6.32. The Kier molecular flexibility index (Phi) is 6.54. The zero-order chi connectivity index (χ0) is 16.8. The highest BCUT2D eigenvalue weighted by Gasteiger charge is 2.25. The summed E-state index contributed by atoms with van der Waals surface area (Å²) in [6.45, 7) is 2.80. The normalized spacial score (nSPS) is 20.3. The molecule has 1 aromatic carbocycles. The van der Waals surface area contributed by atoms with Gasteiger partial charge in [0.2, 0.25) is 5.91 Å². The van der Waals surface area contributed by atoms with Crippen molar-refractivity contribution in [1.29, 1.82) is 0 Å². The van der Waals surface area contributed by atoms with Crippen LogP contribution in [0.3, 0.4) is 0 Å². The maximum atomic E-state index is 12.1. The molecular weight excluding hydrogens is 316 g/mol. The van der Waals surface area contributed by atoms with E-state index in [2.05, 4.69) is 5.32 Å². The molecule has 1 aromatic rings. The van der Waals surface area contributed by atoms with Gasteiger partial charge < -0.3 is 20.5 Å². The van der Waals surface area contributed by atoms with Crippen LogP contribution in [0, 0.1) is 5.92 Å². The van der Waals surface area contributed by atoms with E-state index in [-0.39, 0.29) is 11.9 Å². The SMILES string of the molecule is CCOc1c(Cl)cc(CNC(=O)C[C@@H]2CCC[C@H]2N)cc1OC. The van der Waals surface area contributed by atoms with E-state index in [1.165, 1.54) is 0 Å². The highest BCUT2D eigenvalue weighted by atomic mass is 35.5. The average molecular weight is 341 g/mol. The number of carbonyl (C=O) groups is 1. The number of carbonyl (C=O) groups excluding carboxylic acids is 1. The van der Waals surface area contributed by atoms with Crippen molar-refractivity contribution >= 4 is 17.5 Å². The van der Waals surface area contributed by atoms with Gasteiger partial charge in [-0.05, 0) is 43.4 Å². The fourth-order valence-corrected chi connectivity index (χ4v) is 3.28. The van der Waals surface area contributed by atoms with Crippen molar-refractivity contribution in [2.24, 2.45) is 11.7 Å². The second-order valence-corrected chi connectivity index (χ2v) is 6.28. The van der Waals surface area contributed by atoms with Crippen molar-refractivity contribution in [2.45, 2.75) is 45.2 Å². The first-order valence-corrected chi connectivity index (χ1v) is 8.44. The molecule has 0 unspecified atom stereocenters. The van der Waals surface area contributed by atoms with E-state index in [0.29, 0.717) is 42.0 Å². The summed E-state index contributed by atoms with van der Waals surface area (Å²) in [4.78, 5) is 12.1. The van der Waals surface area contributed by atoms with Crippen LogP contribution in [0.1, 0.15) is 38.2 Å². The molecule has 128 valence electrons. The molecule has 1 saturated carbocycles. The molecule has 2 rings (SSSR count). The zero-order valence-electron chi connectivity index (χ0n) is 13.7. The second kappa shape index (κ2) is 8.41. The maximum Gasteiger partial charge on any atom is 0.220 e.